The van der Waals surface area contributed by atoms with Gasteiger partial charge < -0.3 is 5.11 Å². The number of halogens is 1. The van der Waals surface area contributed by atoms with Crippen LogP contribution in [-0.4, -0.2) is 10.7 Å². The van der Waals surface area contributed by atoms with Crippen LogP contribution in [0.3, 0.4) is 0 Å². The average Bonchev–Trinajstić information content (AvgIpc) is 2.91. The molecule has 1 fully saturated rings. The van der Waals surface area contributed by atoms with Gasteiger partial charge in [0.05, 0.1) is 5.60 Å². The highest BCUT2D eigenvalue weighted by Gasteiger charge is 2.39. The Morgan fingerprint density at radius 2 is 1.93 bits per heavy atom. The van der Waals surface area contributed by atoms with E-state index in [0.717, 1.165) is 17.0 Å². The lowest BCUT2D eigenvalue weighted by Crippen LogP contribution is -2.29. The second kappa shape index (κ2) is 3.56. The standard InChI is InChI=1S/C12H15ClO/c1-12(14,10-4-5-10)8-9-2-6-11(13)7-3-9/h2-3,6-7,10,14H,4-5,8H2,1H3. The third kappa shape index (κ3) is 2.28. The first kappa shape index (κ1) is 10.0. The zero-order valence-corrected chi connectivity index (χ0v) is 9.09. The quantitative estimate of drug-likeness (QED) is 0.813. The molecule has 1 N–H and O–H groups in total. The molecule has 0 heterocycles. The highest BCUT2D eigenvalue weighted by molar-refractivity contribution is 6.30. The number of benzene rings is 1. The van der Waals surface area contributed by atoms with Crippen LogP contribution in [0, 0.1) is 5.92 Å². The highest BCUT2D eigenvalue weighted by atomic mass is 35.5. The molecule has 1 aliphatic carbocycles. The summed E-state index contributed by atoms with van der Waals surface area (Å²) in [4.78, 5) is 0. The normalized spacial score (nSPS) is 20.5. The fourth-order valence-electron chi connectivity index (χ4n) is 1.87. The first-order valence-corrected chi connectivity index (χ1v) is 5.42. The smallest absolute Gasteiger partial charge is 0.0687 e. The molecule has 1 aromatic rings. The molecule has 1 nitrogen and oxygen atoms in total. The Morgan fingerprint density at radius 1 is 1.36 bits per heavy atom. The Kier molecular flexibility index (Phi) is 2.54. The van der Waals surface area contributed by atoms with Crippen molar-refractivity contribution in [1.29, 1.82) is 0 Å². The van der Waals surface area contributed by atoms with Crippen molar-refractivity contribution < 1.29 is 5.11 Å². The van der Waals surface area contributed by atoms with Crippen LogP contribution in [-0.2, 0) is 6.42 Å². The molecule has 0 amide bonds. The Labute approximate surface area is 89.7 Å². The summed E-state index contributed by atoms with van der Waals surface area (Å²) in [6.45, 7) is 1.93. The van der Waals surface area contributed by atoms with Gasteiger partial charge in [0.2, 0.25) is 0 Å². The molecule has 0 bridgehead atoms. The van der Waals surface area contributed by atoms with E-state index in [9.17, 15) is 5.11 Å². The van der Waals surface area contributed by atoms with Crippen LogP contribution >= 0.6 is 11.6 Å². The van der Waals surface area contributed by atoms with E-state index in [1.165, 1.54) is 12.8 Å². The van der Waals surface area contributed by atoms with E-state index in [1.54, 1.807) is 0 Å². The molecule has 1 aliphatic rings. The van der Waals surface area contributed by atoms with Crippen molar-refractivity contribution in [3.05, 3.63) is 34.9 Å². The van der Waals surface area contributed by atoms with Gasteiger partial charge in [0.1, 0.15) is 0 Å². The van der Waals surface area contributed by atoms with Gasteiger partial charge in [-0.25, -0.2) is 0 Å². The number of rotatable bonds is 3. The molecule has 2 rings (SSSR count). The van der Waals surface area contributed by atoms with E-state index < -0.39 is 5.60 Å². The molecule has 2 heteroatoms. The molecule has 76 valence electrons. The van der Waals surface area contributed by atoms with Gasteiger partial charge in [-0.3, -0.25) is 0 Å². The van der Waals surface area contributed by atoms with Crippen LogP contribution in [0.15, 0.2) is 24.3 Å². The van der Waals surface area contributed by atoms with Crippen LogP contribution in [0.4, 0.5) is 0 Å². The molecule has 0 spiro atoms. The Morgan fingerprint density at radius 3 is 2.43 bits per heavy atom. The molecule has 1 aromatic carbocycles. The molecule has 0 aliphatic heterocycles. The lowest BCUT2D eigenvalue weighted by atomic mass is 9.92. The SMILES string of the molecule is CC(O)(Cc1ccc(Cl)cc1)C1CC1. The van der Waals surface area contributed by atoms with Crippen LogP contribution < -0.4 is 0 Å². The summed E-state index contributed by atoms with van der Waals surface area (Å²) < 4.78 is 0. The minimum Gasteiger partial charge on any atom is -0.390 e. The lowest BCUT2D eigenvalue weighted by molar-refractivity contribution is 0.0372. The lowest BCUT2D eigenvalue weighted by Gasteiger charge is -2.22. The van der Waals surface area contributed by atoms with Gasteiger partial charge in [0, 0.05) is 11.4 Å². The zero-order chi connectivity index (χ0) is 10.2. The topological polar surface area (TPSA) is 20.2 Å². The van der Waals surface area contributed by atoms with E-state index in [1.807, 2.05) is 31.2 Å². The Hall–Kier alpha value is -0.530. The molecule has 0 radical (unpaired) electrons. The van der Waals surface area contributed by atoms with Crippen molar-refractivity contribution in [3.8, 4) is 0 Å². The second-order valence-corrected chi connectivity index (χ2v) is 4.87. The number of hydrogen-bond donors (Lipinski definition) is 1. The van der Waals surface area contributed by atoms with Crippen LogP contribution in [0.25, 0.3) is 0 Å². The molecule has 0 aromatic heterocycles. The summed E-state index contributed by atoms with van der Waals surface area (Å²) in [5, 5.41) is 10.9. The number of hydrogen-bond acceptors (Lipinski definition) is 1. The van der Waals surface area contributed by atoms with Gasteiger partial charge in [-0.15, -0.1) is 0 Å². The molecule has 1 saturated carbocycles. The summed E-state index contributed by atoms with van der Waals surface area (Å²) in [6.07, 6.45) is 3.07. The molecular formula is C12H15ClO. The van der Waals surface area contributed by atoms with Crippen molar-refractivity contribution in [2.45, 2.75) is 31.8 Å². The van der Waals surface area contributed by atoms with Crippen molar-refractivity contribution in [2.75, 3.05) is 0 Å². The third-order valence-corrected chi connectivity index (χ3v) is 3.18. The maximum atomic E-state index is 10.1. The average molecular weight is 211 g/mol. The Bertz CT molecular complexity index is 312. The van der Waals surface area contributed by atoms with Gasteiger partial charge in [-0.2, -0.15) is 0 Å². The van der Waals surface area contributed by atoms with Crippen molar-refractivity contribution >= 4 is 11.6 Å². The molecule has 14 heavy (non-hydrogen) atoms. The van der Waals surface area contributed by atoms with E-state index in [-0.39, 0.29) is 0 Å². The summed E-state index contributed by atoms with van der Waals surface area (Å²) in [5.74, 6) is 0.498. The molecular weight excluding hydrogens is 196 g/mol. The minimum atomic E-state index is -0.534. The van der Waals surface area contributed by atoms with Crippen LogP contribution in [0.2, 0.25) is 5.02 Å². The predicted octanol–water partition coefficient (Wildman–Crippen LogP) is 3.04. The minimum absolute atomic E-state index is 0.498. The van der Waals surface area contributed by atoms with Crippen molar-refractivity contribution in [2.24, 2.45) is 5.92 Å². The highest BCUT2D eigenvalue weighted by Crippen LogP contribution is 2.41. The van der Waals surface area contributed by atoms with Gasteiger partial charge in [-0.1, -0.05) is 23.7 Å². The van der Waals surface area contributed by atoms with E-state index in [0.29, 0.717) is 5.92 Å². The molecule has 1 atom stereocenters. The summed E-state index contributed by atoms with van der Waals surface area (Å²) in [7, 11) is 0. The van der Waals surface area contributed by atoms with E-state index >= 15 is 0 Å². The monoisotopic (exact) mass is 210 g/mol. The van der Waals surface area contributed by atoms with Crippen molar-refractivity contribution in [3.63, 3.8) is 0 Å². The van der Waals surface area contributed by atoms with Gasteiger partial charge in [-0.05, 0) is 43.4 Å². The van der Waals surface area contributed by atoms with Crippen molar-refractivity contribution in [1.82, 2.24) is 0 Å². The van der Waals surface area contributed by atoms with Crippen LogP contribution in [0.1, 0.15) is 25.3 Å². The van der Waals surface area contributed by atoms with E-state index in [2.05, 4.69) is 0 Å². The van der Waals surface area contributed by atoms with Crippen LogP contribution in [0.5, 0.6) is 0 Å². The fourth-order valence-corrected chi connectivity index (χ4v) is 1.99. The zero-order valence-electron chi connectivity index (χ0n) is 8.33. The largest absolute Gasteiger partial charge is 0.390 e. The third-order valence-electron chi connectivity index (χ3n) is 2.93. The predicted molar refractivity (Wildman–Crippen MR) is 58.5 cm³/mol. The summed E-state index contributed by atoms with van der Waals surface area (Å²) in [6, 6.07) is 7.72. The van der Waals surface area contributed by atoms with Gasteiger partial charge in [0.25, 0.3) is 0 Å². The first-order chi connectivity index (χ1) is 6.58. The maximum Gasteiger partial charge on any atom is 0.0687 e. The second-order valence-electron chi connectivity index (χ2n) is 4.43. The maximum absolute atomic E-state index is 10.1. The van der Waals surface area contributed by atoms with E-state index in [4.69, 9.17) is 11.6 Å². The van der Waals surface area contributed by atoms with Gasteiger partial charge >= 0.3 is 0 Å². The molecule has 0 saturated heterocycles. The summed E-state index contributed by atoms with van der Waals surface area (Å²) in [5.41, 5.74) is 0.625. The summed E-state index contributed by atoms with van der Waals surface area (Å²) >= 11 is 5.80. The Balaban J connectivity index is 2.06. The van der Waals surface area contributed by atoms with Gasteiger partial charge in [0.15, 0.2) is 0 Å². The first-order valence-electron chi connectivity index (χ1n) is 5.05. The fraction of sp³-hybridized carbons (Fsp3) is 0.500. The molecule has 1 unspecified atom stereocenters. The number of aliphatic hydroxyl groups is 1.